The highest BCUT2D eigenvalue weighted by atomic mass is 79.9. The van der Waals surface area contributed by atoms with E-state index in [4.69, 9.17) is 5.11 Å². The van der Waals surface area contributed by atoms with E-state index in [1.165, 1.54) is 88.4 Å². The van der Waals surface area contributed by atoms with Crippen molar-refractivity contribution in [3.8, 4) is 0 Å². The van der Waals surface area contributed by atoms with Gasteiger partial charge in [0, 0.05) is 6.61 Å². The number of aliphatic hydroxyl groups is 1. The van der Waals surface area contributed by atoms with Crippen molar-refractivity contribution < 1.29 is 26.6 Å². The molecule has 0 amide bonds. The summed E-state index contributed by atoms with van der Waals surface area (Å²) in [6, 6.07) is 0. The topological polar surface area (TPSA) is 20.2 Å². The molecule has 1 N–H and O–H groups in total. The summed E-state index contributed by atoms with van der Waals surface area (Å²) in [4.78, 5) is 0. The molecule has 0 bridgehead atoms. The van der Waals surface area contributed by atoms with Crippen LogP contribution >= 0.6 is 0 Å². The Morgan fingerprint density at radius 1 is 0.571 bits per heavy atom. The summed E-state index contributed by atoms with van der Waals surface area (Å²) >= 11 is 0. The van der Waals surface area contributed by atoms with Crippen LogP contribution in [0.25, 0.3) is 0 Å². The third-order valence-corrected chi connectivity index (χ3v) is 4.50. The van der Waals surface area contributed by atoms with E-state index < -0.39 is 0 Å². The molecule has 0 aliphatic carbocycles. The van der Waals surface area contributed by atoms with Crippen LogP contribution in [-0.4, -0.2) is 42.4 Å². The fourth-order valence-corrected chi connectivity index (χ4v) is 3.06. The third kappa shape index (κ3) is 12.6. The molecule has 0 fully saturated rings. The largest absolute Gasteiger partial charge is 1.00 e. The summed E-state index contributed by atoms with van der Waals surface area (Å²) < 4.78 is 1.37. The molecule has 130 valence electrons. The summed E-state index contributed by atoms with van der Waals surface area (Å²) in [5.41, 5.74) is 0. The Morgan fingerprint density at radius 2 is 0.952 bits per heavy atom. The lowest BCUT2D eigenvalue weighted by molar-refractivity contribution is -0.929. The third-order valence-electron chi connectivity index (χ3n) is 4.50. The van der Waals surface area contributed by atoms with Crippen molar-refractivity contribution >= 4 is 0 Å². The number of hydrogen-bond acceptors (Lipinski definition) is 1. The second-order valence-electron chi connectivity index (χ2n) is 6.43. The van der Waals surface area contributed by atoms with E-state index in [-0.39, 0.29) is 17.0 Å². The molecule has 0 heterocycles. The van der Waals surface area contributed by atoms with Crippen LogP contribution in [0.1, 0.15) is 85.0 Å². The quantitative estimate of drug-likeness (QED) is 0.346. The molecular weight excluding hydrogens is 326 g/mol. The summed E-state index contributed by atoms with van der Waals surface area (Å²) in [5.74, 6) is 0. The van der Waals surface area contributed by atoms with E-state index in [2.05, 4.69) is 20.8 Å². The van der Waals surface area contributed by atoms with Gasteiger partial charge in [-0.2, -0.15) is 0 Å². The molecule has 0 aliphatic heterocycles. The first kappa shape index (κ1) is 23.7. The number of rotatable bonds is 15. The average Bonchev–Trinajstić information content (AvgIpc) is 2.48. The monoisotopic (exact) mass is 365 g/mol. The number of nitrogens with zero attached hydrogens (tertiary/aromatic N) is 1. The van der Waals surface area contributed by atoms with Gasteiger partial charge >= 0.3 is 0 Å². The van der Waals surface area contributed by atoms with Gasteiger partial charge in [-0.1, -0.05) is 46.5 Å². The summed E-state index contributed by atoms with van der Waals surface area (Å²) in [6.07, 6.45) is 12.9. The first-order chi connectivity index (χ1) is 9.74. The molecule has 0 aromatic rings. The van der Waals surface area contributed by atoms with Crippen molar-refractivity contribution in [2.75, 3.05) is 32.8 Å². The van der Waals surface area contributed by atoms with Crippen molar-refractivity contribution in [2.24, 2.45) is 0 Å². The highest BCUT2D eigenvalue weighted by Gasteiger charge is 2.24. The van der Waals surface area contributed by atoms with Crippen LogP contribution in [-0.2, 0) is 0 Å². The number of hydrogen-bond donors (Lipinski definition) is 1. The lowest BCUT2D eigenvalue weighted by Crippen LogP contribution is -3.00. The first-order valence-corrected chi connectivity index (χ1v) is 9.20. The van der Waals surface area contributed by atoms with Gasteiger partial charge in [0.15, 0.2) is 0 Å². The molecule has 0 saturated heterocycles. The maximum Gasteiger partial charge on any atom is 0.0786 e. The predicted octanol–water partition coefficient (Wildman–Crippen LogP) is 1.76. The minimum Gasteiger partial charge on any atom is -1.00 e. The van der Waals surface area contributed by atoms with E-state index in [0.29, 0.717) is 6.61 Å². The molecule has 0 rings (SSSR count). The molecular formula is C18H40BrNO. The molecule has 0 aromatic heterocycles. The standard InChI is InChI=1S/C18H40NO.BrH/c1-4-7-14-19(15-8-5-2,16-9-6-3)17-12-10-11-13-18-20;/h20H,4-18H2,1-3H3;1H/q+1;/p-1. The zero-order valence-electron chi connectivity index (χ0n) is 14.9. The second kappa shape index (κ2) is 16.8. The smallest absolute Gasteiger partial charge is 0.0786 e. The minimum absolute atomic E-state index is 0. The Morgan fingerprint density at radius 3 is 1.33 bits per heavy atom. The van der Waals surface area contributed by atoms with Crippen LogP contribution in [0.4, 0.5) is 0 Å². The summed E-state index contributed by atoms with van der Waals surface area (Å²) in [7, 11) is 0. The zero-order valence-corrected chi connectivity index (χ0v) is 16.5. The van der Waals surface area contributed by atoms with Crippen LogP contribution < -0.4 is 17.0 Å². The summed E-state index contributed by atoms with van der Waals surface area (Å²) in [5, 5.41) is 8.87. The van der Waals surface area contributed by atoms with Gasteiger partial charge in [-0.15, -0.1) is 0 Å². The van der Waals surface area contributed by atoms with Gasteiger partial charge < -0.3 is 26.6 Å². The molecule has 0 unspecified atom stereocenters. The molecule has 0 spiro atoms. The summed E-state index contributed by atoms with van der Waals surface area (Å²) in [6.45, 7) is 12.8. The maximum absolute atomic E-state index is 8.87. The SMILES string of the molecule is CCCC[N+](CCCC)(CCCC)CCCCCCO.[Br-]. The van der Waals surface area contributed by atoms with E-state index >= 15 is 0 Å². The normalized spacial score (nSPS) is 11.4. The minimum atomic E-state index is 0. The van der Waals surface area contributed by atoms with Crippen LogP contribution in [0.2, 0.25) is 0 Å². The van der Waals surface area contributed by atoms with Gasteiger partial charge in [0.2, 0.25) is 0 Å². The average molecular weight is 366 g/mol. The van der Waals surface area contributed by atoms with E-state index in [1.807, 2.05) is 0 Å². The molecule has 0 radical (unpaired) electrons. The van der Waals surface area contributed by atoms with E-state index in [9.17, 15) is 0 Å². The molecule has 21 heavy (non-hydrogen) atoms. The molecule has 0 aromatic carbocycles. The molecule has 0 aliphatic rings. The fraction of sp³-hybridized carbons (Fsp3) is 1.00. The van der Waals surface area contributed by atoms with Crippen molar-refractivity contribution in [1.29, 1.82) is 0 Å². The predicted molar refractivity (Wildman–Crippen MR) is 90.0 cm³/mol. The maximum atomic E-state index is 8.87. The number of quaternary nitrogens is 1. The molecule has 0 atom stereocenters. The number of halogens is 1. The van der Waals surface area contributed by atoms with Gasteiger partial charge in [-0.3, -0.25) is 0 Å². The van der Waals surface area contributed by atoms with Gasteiger partial charge in [0.1, 0.15) is 0 Å². The zero-order chi connectivity index (χ0) is 15.1. The Hall–Kier alpha value is 0.400. The molecule has 0 saturated carbocycles. The van der Waals surface area contributed by atoms with Crippen molar-refractivity contribution in [2.45, 2.75) is 85.0 Å². The molecule has 3 heteroatoms. The fourth-order valence-electron chi connectivity index (χ4n) is 3.06. The van der Waals surface area contributed by atoms with Gasteiger partial charge in [-0.05, 0) is 38.5 Å². The number of unbranched alkanes of at least 4 members (excludes halogenated alkanes) is 6. The van der Waals surface area contributed by atoms with Crippen LogP contribution in [0.15, 0.2) is 0 Å². The van der Waals surface area contributed by atoms with Crippen LogP contribution in [0.5, 0.6) is 0 Å². The first-order valence-electron chi connectivity index (χ1n) is 9.20. The van der Waals surface area contributed by atoms with Crippen molar-refractivity contribution in [3.05, 3.63) is 0 Å². The van der Waals surface area contributed by atoms with Gasteiger partial charge in [0.25, 0.3) is 0 Å². The van der Waals surface area contributed by atoms with E-state index in [0.717, 1.165) is 6.42 Å². The highest BCUT2D eigenvalue weighted by molar-refractivity contribution is 4.51. The van der Waals surface area contributed by atoms with Crippen molar-refractivity contribution in [1.82, 2.24) is 0 Å². The van der Waals surface area contributed by atoms with Gasteiger partial charge in [-0.25, -0.2) is 0 Å². The van der Waals surface area contributed by atoms with Crippen LogP contribution in [0.3, 0.4) is 0 Å². The Labute approximate surface area is 144 Å². The van der Waals surface area contributed by atoms with E-state index in [1.54, 1.807) is 0 Å². The second-order valence-corrected chi connectivity index (χ2v) is 6.43. The van der Waals surface area contributed by atoms with Crippen molar-refractivity contribution in [3.63, 3.8) is 0 Å². The van der Waals surface area contributed by atoms with Crippen LogP contribution in [0, 0.1) is 0 Å². The Balaban J connectivity index is 0. The lowest BCUT2D eigenvalue weighted by Gasteiger charge is -2.39. The highest BCUT2D eigenvalue weighted by Crippen LogP contribution is 2.17. The number of aliphatic hydroxyl groups excluding tert-OH is 1. The molecule has 2 nitrogen and oxygen atoms in total. The van der Waals surface area contributed by atoms with Gasteiger partial charge in [0.05, 0.1) is 26.2 Å². The Bertz CT molecular complexity index is 178. The Kier molecular flexibility index (Phi) is 18.9. The lowest BCUT2D eigenvalue weighted by atomic mass is 10.1.